The Morgan fingerprint density at radius 2 is 1.43 bits per heavy atom. The summed E-state index contributed by atoms with van der Waals surface area (Å²) in [5.74, 6) is -1.39. The van der Waals surface area contributed by atoms with Crippen molar-refractivity contribution < 1.29 is 23.9 Å². The van der Waals surface area contributed by atoms with Gasteiger partial charge in [-0.3, -0.25) is 14.4 Å². The molecule has 9 nitrogen and oxygen atoms in total. The Morgan fingerprint density at radius 1 is 0.773 bits per heavy atom. The first kappa shape index (κ1) is 29.9. The molecule has 3 amide bonds. The van der Waals surface area contributed by atoms with Crippen molar-refractivity contribution in [2.75, 3.05) is 23.5 Å². The number of fused-ring (bicyclic) bond motifs is 1. The summed E-state index contributed by atoms with van der Waals surface area (Å²) >= 11 is 1.33. The van der Waals surface area contributed by atoms with E-state index < -0.39 is 17.8 Å². The Morgan fingerprint density at radius 3 is 2.16 bits per heavy atom. The number of ether oxygens (including phenoxy) is 1. The van der Waals surface area contributed by atoms with E-state index in [-0.39, 0.29) is 17.4 Å². The van der Waals surface area contributed by atoms with E-state index in [0.29, 0.717) is 22.5 Å². The number of nitrogens with one attached hydrogen (secondary N) is 4. The number of esters is 1. The molecule has 44 heavy (non-hydrogen) atoms. The lowest BCUT2D eigenvalue weighted by Crippen LogP contribution is -2.30. The van der Waals surface area contributed by atoms with Gasteiger partial charge in [-0.1, -0.05) is 36.4 Å². The van der Waals surface area contributed by atoms with Crippen LogP contribution in [0.5, 0.6) is 0 Å². The minimum Gasteiger partial charge on any atom is -0.465 e. The number of hydrogen-bond acceptors (Lipinski definition) is 6. The summed E-state index contributed by atoms with van der Waals surface area (Å²) < 4.78 is 4.68. The molecule has 1 heterocycles. The molecule has 5 aromatic rings. The first-order valence-electron chi connectivity index (χ1n) is 13.6. The molecule has 1 aromatic heterocycles. The molecule has 220 valence electrons. The number of thioether (sulfide) groups is 1. The van der Waals surface area contributed by atoms with Crippen molar-refractivity contribution in [2.45, 2.75) is 4.90 Å². The minimum absolute atomic E-state index is 0.0818. The van der Waals surface area contributed by atoms with E-state index in [4.69, 9.17) is 0 Å². The van der Waals surface area contributed by atoms with Gasteiger partial charge in [-0.25, -0.2) is 4.79 Å². The van der Waals surface area contributed by atoms with Gasteiger partial charge in [0.05, 0.1) is 18.4 Å². The Labute approximate surface area is 257 Å². The van der Waals surface area contributed by atoms with E-state index in [2.05, 4.69) is 25.7 Å². The van der Waals surface area contributed by atoms with Gasteiger partial charge in [0.15, 0.2) is 0 Å². The van der Waals surface area contributed by atoms with Gasteiger partial charge in [0, 0.05) is 44.5 Å². The molecule has 5 rings (SSSR count). The number of methoxy groups -OCH3 is 1. The molecule has 0 fully saturated rings. The standard InChI is InChI=1S/C34H28N4O5S/c1-43-34(42)23-11-13-25(14-12-23)36-31(39)21-44-27-17-15-26(16-18-27)37-33(41)30(38-32(40)22-7-3-2-4-8-22)19-24-20-35-29-10-6-5-9-28(24)29/h2-20,35H,21H2,1H3,(H,36,39)(H,37,41)(H,38,40)/b30-19-. The maximum atomic E-state index is 13.4. The molecule has 0 saturated heterocycles. The monoisotopic (exact) mass is 604 g/mol. The number of aromatic nitrogens is 1. The highest BCUT2D eigenvalue weighted by molar-refractivity contribution is 8.00. The summed E-state index contributed by atoms with van der Waals surface area (Å²) in [5.41, 5.74) is 3.65. The van der Waals surface area contributed by atoms with E-state index in [0.717, 1.165) is 21.4 Å². The van der Waals surface area contributed by atoms with E-state index in [1.54, 1.807) is 85.1 Å². The van der Waals surface area contributed by atoms with Crippen molar-refractivity contribution in [3.8, 4) is 0 Å². The van der Waals surface area contributed by atoms with Gasteiger partial charge in [-0.15, -0.1) is 11.8 Å². The van der Waals surface area contributed by atoms with Crippen LogP contribution in [0.1, 0.15) is 26.3 Å². The summed E-state index contributed by atoms with van der Waals surface area (Å²) in [6, 6.07) is 29.8. The number of hydrogen-bond donors (Lipinski definition) is 4. The molecule has 10 heteroatoms. The third-order valence-corrected chi connectivity index (χ3v) is 7.53. The fourth-order valence-corrected chi connectivity index (χ4v) is 5.00. The molecule has 4 N–H and O–H groups in total. The van der Waals surface area contributed by atoms with E-state index in [1.165, 1.54) is 18.9 Å². The number of carbonyl (C=O) groups is 4. The third kappa shape index (κ3) is 7.61. The van der Waals surface area contributed by atoms with Crippen LogP contribution in [0.15, 0.2) is 120 Å². The van der Waals surface area contributed by atoms with Crippen molar-refractivity contribution in [3.63, 3.8) is 0 Å². The van der Waals surface area contributed by atoms with Gasteiger partial charge in [0.25, 0.3) is 11.8 Å². The average Bonchev–Trinajstić information content (AvgIpc) is 3.47. The van der Waals surface area contributed by atoms with Crippen LogP contribution in [0.25, 0.3) is 17.0 Å². The largest absolute Gasteiger partial charge is 0.465 e. The highest BCUT2D eigenvalue weighted by Crippen LogP contribution is 2.23. The molecule has 0 aliphatic rings. The Balaban J connectivity index is 1.23. The van der Waals surface area contributed by atoms with Gasteiger partial charge in [0.2, 0.25) is 5.91 Å². The normalized spacial score (nSPS) is 11.1. The average molecular weight is 605 g/mol. The van der Waals surface area contributed by atoms with Crippen LogP contribution in [0.2, 0.25) is 0 Å². The molecule has 0 radical (unpaired) electrons. The molecule has 0 atom stereocenters. The fourth-order valence-electron chi connectivity index (χ4n) is 4.30. The van der Waals surface area contributed by atoms with Crippen molar-refractivity contribution >= 4 is 63.8 Å². The van der Waals surface area contributed by atoms with Gasteiger partial charge >= 0.3 is 5.97 Å². The summed E-state index contributed by atoms with van der Waals surface area (Å²) in [6.07, 6.45) is 3.42. The Kier molecular flexibility index (Phi) is 9.53. The van der Waals surface area contributed by atoms with Crippen LogP contribution < -0.4 is 16.0 Å². The molecule has 0 aliphatic carbocycles. The van der Waals surface area contributed by atoms with Crippen LogP contribution in [0.4, 0.5) is 11.4 Å². The SMILES string of the molecule is COC(=O)c1ccc(NC(=O)CSc2ccc(NC(=O)/C(=C/c3c[nH]c4ccccc34)NC(=O)c3ccccc3)cc2)cc1. The number of anilines is 2. The maximum absolute atomic E-state index is 13.4. The second kappa shape index (κ2) is 14.0. The fraction of sp³-hybridized carbons (Fsp3) is 0.0588. The minimum atomic E-state index is -0.488. The first-order chi connectivity index (χ1) is 21.4. The van der Waals surface area contributed by atoms with E-state index in [9.17, 15) is 19.2 Å². The predicted octanol–water partition coefficient (Wildman–Crippen LogP) is 6.09. The van der Waals surface area contributed by atoms with Crippen LogP contribution in [0.3, 0.4) is 0 Å². The number of rotatable bonds is 10. The highest BCUT2D eigenvalue weighted by Gasteiger charge is 2.16. The molecular formula is C34H28N4O5S. The second-order valence-electron chi connectivity index (χ2n) is 9.55. The molecular weight excluding hydrogens is 576 g/mol. The zero-order valence-corrected chi connectivity index (χ0v) is 24.4. The molecule has 0 saturated carbocycles. The quantitative estimate of drug-likeness (QED) is 0.0867. The Bertz CT molecular complexity index is 1830. The van der Waals surface area contributed by atoms with Crippen LogP contribution >= 0.6 is 11.8 Å². The maximum Gasteiger partial charge on any atom is 0.337 e. The number of amides is 3. The highest BCUT2D eigenvalue weighted by atomic mass is 32.2. The van der Waals surface area contributed by atoms with E-state index in [1.807, 2.05) is 30.3 Å². The number of para-hydroxylation sites is 1. The molecule has 0 unspecified atom stereocenters. The molecule has 0 spiro atoms. The number of carbonyl (C=O) groups excluding carboxylic acids is 4. The lowest BCUT2D eigenvalue weighted by atomic mass is 10.1. The first-order valence-corrected chi connectivity index (χ1v) is 14.5. The van der Waals surface area contributed by atoms with Crippen LogP contribution in [-0.2, 0) is 14.3 Å². The third-order valence-electron chi connectivity index (χ3n) is 6.52. The van der Waals surface area contributed by atoms with Crippen molar-refractivity contribution in [1.29, 1.82) is 0 Å². The van der Waals surface area contributed by atoms with Crippen LogP contribution in [0, 0.1) is 0 Å². The number of benzene rings is 4. The lowest BCUT2D eigenvalue weighted by Gasteiger charge is -2.12. The number of H-pyrrole nitrogens is 1. The molecule has 0 bridgehead atoms. The topological polar surface area (TPSA) is 129 Å². The molecule has 0 aliphatic heterocycles. The zero-order chi connectivity index (χ0) is 30.9. The van der Waals surface area contributed by atoms with Crippen molar-refractivity contribution in [1.82, 2.24) is 10.3 Å². The lowest BCUT2D eigenvalue weighted by molar-refractivity contribution is -0.114. The summed E-state index contributed by atoms with van der Waals surface area (Å²) in [6.45, 7) is 0. The van der Waals surface area contributed by atoms with Gasteiger partial charge < -0.3 is 25.7 Å². The van der Waals surface area contributed by atoms with Gasteiger partial charge in [-0.2, -0.15) is 0 Å². The summed E-state index contributed by atoms with van der Waals surface area (Å²) in [7, 11) is 1.31. The predicted molar refractivity (Wildman–Crippen MR) is 172 cm³/mol. The van der Waals surface area contributed by atoms with Gasteiger partial charge in [0.1, 0.15) is 5.70 Å². The smallest absolute Gasteiger partial charge is 0.337 e. The second-order valence-corrected chi connectivity index (χ2v) is 10.6. The summed E-state index contributed by atoms with van der Waals surface area (Å²) in [4.78, 5) is 54.4. The van der Waals surface area contributed by atoms with Gasteiger partial charge in [-0.05, 0) is 72.8 Å². The van der Waals surface area contributed by atoms with Crippen molar-refractivity contribution in [3.05, 3.63) is 132 Å². The number of aromatic amines is 1. The molecule has 4 aromatic carbocycles. The van der Waals surface area contributed by atoms with E-state index >= 15 is 0 Å². The van der Waals surface area contributed by atoms with Crippen LogP contribution in [-0.4, -0.2) is 41.5 Å². The summed E-state index contributed by atoms with van der Waals surface area (Å²) in [5, 5.41) is 9.31. The van der Waals surface area contributed by atoms with Crippen molar-refractivity contribution in [2.24, 2.45) is 0 Å². The Hall–Kier alpha value is -5.61. The zero-order valence-electron chi connectivity index (χ0n) is 23.6.